The Bertz CT molecular complexity index is 175. The van der Waals surface area contributed by atoms with Gasteiger partial charge in [-0.25, -0.2) is 4.98 Å². The molecule has 1 heterocycles. The second kappa shape index (κ2) is 4.16. The zero-order chi connectivity index (χ0) is 8.10. The van der Waals surface area contributed by atoms with E-state index < -0.39 is 0 Å². The summed E-state index contributed by atoms with van der Waals surface area (Å²) in [5.74, 6) is 0. The summed E-state index contributed by atoms with van der Waals surface area (Å²) < 4.78 is 2.20. The summed E-state index contributed by atoms with van der Waals surface area (Å²) in [5, 5.41) is 0. The summed E-state index contributed by atoms with van der Waals surface area (Å²) in [5.41, 5.74) is 0. The van der Waals surface area contributed by atoms with E-state index in [0.29, 0.717) is 0 Å². The molecule has 0 atom stereocenters. The van der Waals surface area contributed by atoms with Gasteiger partial charge in [0.1, 0.15) is 0 Å². The molecule has 0 spiro atoms. The third-order valence-electron chi connectivity index (χ3n) is 2.02. The summed E-state index contributed by atoms with van der Waals surface area (Å²) in [4.78, 5) is 3.99. The highest BCUT2D eigenvalue weighted by Gasteiger charge is 2.17. The molecule has 0 amide bonds. The van der Waals surface area contributed by atoms with Crippen LogP contribution in [-0.2, 0) is 0 Å². The van der Waals surface area contributed by atoms with E-state index >= 15 is 0 Å². The molecule has 0 N–H and O–H groups in total. The van der Waals surface area contributed by atoms with Crippen LogP contribution in [0.5, 0.6) is 0 Å². The standard InChI is InChI=1S/C7H10N2.C2H6/c1-2-7(3-1)9-5-4-8-6-9;1-2/h4-7H,1-3H2;1-2H3. The molecule has 1 aromatic heterocycles. The minimum absolute atomic E-state index is 0.771. The summed E-state index contributed by atoms with van der Waals surface area (Å²) in [6.07, 6.45) is 9.88. The summed E-state index contributed by atoms with van der Waals surface area (Å²) in [6.45, 7) is 4.00. The average Bonchev–Trinajstić information content (AvgIpc) is 2.41. The van der Waals surface area contributed by atoms with Gasteiger partial charge in [0.2, 0.25) is 0 Å². The molecule has 1 saturated carbocycles. The quantitative estimate of drug-likeness (QED) is 0.605. The van der Waals surface area contributed by atoms with Crippen molar-refractivity contribution in [1.29, 1.82) is 0 Å². The monoisotopic (exact) mass is 152 g/mol. The molecule has 0 radical (unpaired) electrons. The van der Waals surface area contributed by atoms with Crippen LogP contribution in [0, 0.1) is 0 Å². The van der Waals surface area contributed by atoms with E-state index in [0.717, 1.165) is 6.04 Å². The molecule has 62 valence electrons. The van der Waals surface area contributed by atoms with E-state index in [-0.39, 0.29) is 0 Å². The Kier molecular flexibility index (Phi) is 3.14. The normalized spacial score (nSPS) is 16.5. The van der Waals surface area contributed by atoms with E-state index in [1.165, 1.54) is 19.3 Å². The molecule has 2 heteroatoms. The SMILES string of the molecule is CC.c1cn(C2CCC2)cn1. The maximum Gasteiger partial charge on any atom is 0.0948 e. The van der Waals surface area contributed by atoms with E-state index in [2.05, 4.69) is 9.55 Å². The lowest BCUT2D eigenvalue weighted by atomic mass is 9.93. The van der Waals surface area contributed by atoms with Crippen LogP contribution in [0.2, 0.25) is 0 Å². The Morgan fingerprint density at radius 1 is 1.36 bits per heavy atom. The van der Waals surface area contributed by atoms with Crippen molar-refractivity contribution < 1.29 is 0 Å². The number of hydrogen-bond acceptors (Lipinski definition) is 1. The van der Waals surface area contributed by atoms with E-state index in [1.54, 1.807) is 0 Å². The largest absolute Gasteiger partial charge is 0.334 e. The fourth-order valence-corrected chi connectivity index (χ4v) is 1.17. The summed E-state index contributed by atoms with van der Waals surface area (Å²) >= 11 is 0. The van der Waals surface area contributed by atoms with Crippen molar-refractivity contribution in [1.82, 2.24) is 9.55 Å². The Balaban J connectivity index is 0.000000281. The molecule has 1 fully saturated rings. The zero-order valence-corrected chi connectivity index (χ0v) is 7.33. The molecule has 1 aliphatic carbocycles. The van der Waals surface area contributed by atoms with Crippen LogP contribution in [0.1, 0.15) is 39.2 Å². The Morgan fingerprint density at radius 2 is 2.09 bits per heavy atom. The van der Waals surface area contributed by atoms with Gasteiger partial charge in [-0.1, -0.05) is 13.8 Å². The topological polar surface area (TPSA) is 17.8 Å². The van der Waals surface area contributed by atoms with Crippen molar-refractivity contribution in [3.05, 3.63) is 18.7 Å². The molecule has 1 aromatic rings. The van der Waals surface area contributed by atoms with Crippen molar-refractivity contribution >= 4 is 0 Å². The average molecular weight is 152 g/mol. The Hall–Kier alpha value is -0.790. The molecule has 2 nitrogen and oxygen atoms in total. The van der Waals surface area contributed by atoms with Gasteiger partial charge in [0.25, 0.3) is 0 Å². The predicted molar refractivity (Wildman–Crippen MR) is 46.5 cm³/mol. The first-order valence-corrected chi connectivity index (χ1v) is 4.44. The van der Waals surface area contributed by atoms with Gasteiger partial charge in [-0.3, -0.25) is 0 Å². The van der Waals surface area contributed by atoms with Gasteiger partial charge in [0.05, 0.1) is 6.33 Å². The molecule has 0 aromatic carbocycles. The van der Waals surface area contributed by atoms with E-state index in [9.17, 15) is 0 Å². The third-order valence-corrected chi connectivity index (χ3v) is 2.02. The third kappa shape index (κ3) is 1.82. The molecule has 0 aliphatic heterocycles. The lowest BCUT2D eigenvalue weighted by Crippen LogP contribution is -2.14. The van der Waals surface area contributed by atoms with Crippen LogP contribution in [0.3, 0.4) is 0 Å². The smallest absolute Gasteiger partial charge is 0.0948 e. The van der Waals surface area contributed by atoms with Gasteiger partial charge in [-0.05, 0) is 19.3 Å². The summed E-state index contributed by atoms with van der Waals surface area (Å²) in [6, 6.07) is 0.771. The lowest BCUT2D eigenvalue weighted by Gasteiger charge is -2.26. The predicted octanol–water partition coefficient (Wildman–Crippen LogP) is 2.63. The fourth-order valence-electron chi connectivity index (χ4n) is 1.17. The van der Waals surface area contributed by atoms with E-state index in [1.807, 2.05) is 32.6 Å². The van der Waals surface area contributed by atoms with Gasteiger partial charge >= 0.3 is 0 Å². The molecular weight excluding hydrogens is 136 g/mol. The number of hydrogen-bond donors (Lipinski definition) is 0. The minimum Gasteiger partial charge on any atom is -0.334 e. The van der Waals surface area contributed by atoms with E-state index in [4.69, 9.17) is 0 Å². The molecule has 11 heavy (non-hydrogen) atoms. The first-order valence-electron chi connectivity index (χ1n) is 4.44. The second-order valence-electron chi connectivity index (χ2n) is 2.59. The highest BCUT2D eigenvalue weighted by atomic mass is 15.1. The molecule has 2 rings (SSSR count). The van der Waals surface area contributed by atoms with Crippen LogP contribution < -0.4 is 0 Å². The maximum absolute atomic E-state index is 3.99. The van der Waals surface area contributed by atoms with Crippen molar-refractivity contribution in [3.8, 4) is 0 Å². The van der Waals surface area contributed by atoms with Crippen LogP contribution in [0.4, 0.5) is 0 Å². The molecule has 1 aliphatic rings. The molecule has 0 bridgehead atoms. The zero-order valence-electron chi connectivity index (χ0n) is 7.33. The van der Waals surface area contributed by atoms with Gasteiger partial charge in [-0.15, -0.1) is 0 Å². The number of rotatable bonds is 1. The fraction of sp³-hybridized carbons (Fsp3) is 0.667. The molecular formula is C9H16N2. The van der Waals surface area contributed by atoms with Crippen molar-refractivity contribution in [2.45, 2.75) is 39.2 Å². The van der Waals surface area contributed by atoms with Crippen LogP contribution in [0.15, 0.2) is 18.7 Å². The minimum atomic E-state index is 0.771. The van der Waals surface area contributed by atoms with Gasteiger partial charge in [0, 0.05) is 18.4 Å². The Morgan fingerprint density at radius 3 is 2.45 bits per heavy atom. The van der Waals surface area contributed by atoms with Crippen LogP contribution in [-0.4, -0.2) is 9.55 Å². The van der Waals surface area contributed by atoms with Crippen molar-refractivity contribution in [2.75, 3.05) is 0 Å². The molecule has 0 saturated heterocycles. The highest BCUT2D eigenvalue weighted by Crippen LogP contribution is 2.30. The van der Waals surface area contributed by atoms with Gasteiger partial charge in [-0.2, -0.15) is 0 Å². The second-order valence-corrected chi connectivity index (χ2v) is 2.59. The summed E-state index contributed by atoms with van der Waals surface area (Å²) in [7, 11) is 0. The number of aromatic nitrogens is 2. The van der Waals surface area contributed by atoms with Gasteiger partial charge in [0.15, 0.2) is 0 Å². The first kappa shape index (κ1) is 8.31. The van der Waals surface area contributed by atoms with Crippen LogP contribution >= 0.6 is 0 Å². The lowest BCUT2D eigenvalue weighted by molar-refractivity contribution is 0.313. The number of nitrogens with zero attached hydrogens (tertiary/aromatic N) is 2. The molecule has 0 unspecified atom stereocenters. The maximum atomic E-state index is 3.99. The van der Waals surface area contributed by atoms with Crippen LogP contribution in [0.25, 0.3) is 0 Å². The van der Waals surface area contributed by atoms with Gasteiger partial charge < -0.3 is 4.57 Å². The number of imidazole rings is 1. The first-order chi connectivity index (χ1) is 5.47. The van der Waals surface area contributed by atoms with Crippen molar-refractivity contribution in [3.63, 3.8) is 0 Å². The van der Waals surface area contributed by atoms with Crippen molar-refractivity contribution in [2.24, 2.45) is 0 Å². The Labute approximate surface area is 68.3 Å². The highest BCUT2D eigenvalue weighted by molar-refractivity contribution is 4.84.